The standard InChI is InChI=1S/C12H13ClO3S/c13-11-3-1-9(2-4-11)12(7-14)10-5-6-17(15,16)8-10/h1-4,7,10,12H,5-6,8H2. The number of halogens is 1. The van der Waals surface area contributed by atoms with Crippen LogP contribution in [0.3, 0.4) is 0 Å². The van der Waals surface area contributed by atoms with E-state index in [1.54, 1.807) is 24.3 Å². The van der Waals surface area contributed by atoms with Crippen molar-refractivity contribution in [2.45, 2.75) is 12.3 Å². The molecule has 1 aromatic rings. The van der Waals surface area contributed by atoms with Crippen molar-refractivity contribution in [3.05, 3.63) is 34.9 Å². The molecular formula is C12H13ClO3S. The lowest BCUT2D eigenvalue weighted by Crippen LogP contribution is -2.15. The van der Waals surface area contributed by atoms with Crippen LogP contribution in [0.2, 0.25) is 5.02 Å². The Balaban J connectivity index is 2.23. The van der Waals surface area contributed by atoms with Gasteiger partial charge in [0.2, 0.25) is 0 Å². The van der Waals surface area contributed by atoms with Gasteiger partial charge in [-0.3, -0.25) is 0 Å². The molecule has 1 fully saturated rings. The molecular weight excluding hydrogens is 260 g/mol. The molecule has 2 rings (SSSR count). The van der Waals surface area contributed by atoms with Crippen LogP contribution in [0.5, 0.6) is 0 Å². The lowest BCUT2D eigenvalue weighted by Gasteiger charge is -2.16. The summed E-state index contributed by atoms with van der Waals surface area (Å²) in [5, 5.41) is 0.609. The first kappa shape index (κ1) is 12.6. The highest BCUT2D eigenvalue weighted by Crippen LogP contribution is 2.32. The van der Waals surface area contributed by atoms with E-state index in [1.165, 1.54) is 0 Å². The van der Waals surface area contributed by atoms with Crippen molar-refractivity contribution in [1.29, 1.82) is 0 Å². The largest absolute Gasteiger partial charge is 0.303 e. The Kier molecular flexibility index (Phi) is 3.54. The lowest BCUT2D eigenvalue weighted by molar-refractivity contribution is -0.109. The second-order valence-corrected chi connectivity index (χ2v) is 7.04. The van der Waals surface area contributed by atoms with Crippen LogP contribution in [0.4, 0.5) is 0 Å². The molecule has 0 aliphatic carbocycles. The van der Waals surface area contributed by atoms with Crippen LogP contribution in [-0.4, -0.2) is 26.2 Å². The summed E-state index contributed by atoms with van der Waals surface area (Å²) >= 11 is 5.78. The van der Waals surface area contributed by atoms with Gasteiger partial charge in [0.25, 0.3) is 0 Å². The third-order valence-electron chi connectivity index (χ3n) is 3.18. The summed E-state index contributed by atoms with van der Waals surface area (Å²) in [6, 6.07) is 7.01. The highest BCUT2D eigenvalue weighted by molar-refractivity contribution is 7.91. The molecule has 0 spiro atoms. The van der Waals surface area contributed by atoms with Gasteiger partial charge in [0.1, 0.15) is 6.29 Å². The van der Waals surface area contributed by atoms with E-state index in [1.807, 2.05) is 0 Å². The summed E-state index contributed by atoms with van der Waals surface area (Å²) in [4.78, 5) is 11.2. The average molecular weight is 273 g/mol. The molecule has 1 saturated heterocycles. The van der Waals surface area contributed by atoms with Crippen LogP contribution in [0.25, 0.3) is 0 Å². The van der Waals surface area contributed by atoms with E-state index in [0.717, 1.165) is 11.8 Å². The Morgan fingerprint density at radius 2 is 1.94 bits per heavy atom. The van der Waals surface area contributed by atoms with Gasteiger partial charge in [0.15, 0.2) is 9.84 Å². The van der Waals surface area contributed by atoms with Crippen molar-refractivity contribution in [1.82, 2.24) is 0 Å². The first-order chi connectivity index (χ1) is 8.02. The zero-order valence-electron chi connectivity index (χ0n) is 9.17. The summed E-state index contributed by atoms with van der Waals surface area (Å²) in [5.41, 5.74) is 0.839. The summed E-state index contributed by atoms with van der Waals surface area (Å²) in [6.45, 7) is 0. The van der Waals surface area contributed by atoms with Crippen molar-refractivity contribution < 1.29 is 13.2 Å². The predicted octanol–water partition coefficient (Wildman–Crippen LogP) is 2.06. The van der Waals surface area contributed by atoms with E-state index in [-0.39, 0.29) is 23.3 Å². The molecule has 0 N–H and O–H groups in total. The molecule has 3 nitrogen and oxygen atoms in total. The fraction of sp³-hybridized carbons (Fsp3) is 0.417. The van der Waals surface area contributed by atoms with Crippen molar-refractivity contribution in [3.63, 3.8) is 0 Å². The predicted molar refractivity (Wildman–Crippen MR) is 67.0 cm³/mol. The number of aldehydes is 1. The van der Waals surface area contributed by atoms with E-state index in [0.29, 0.717) is 11.4 Å². The maximum atomic E-state index is 11.4. The van der Waals surface area contributed by atoms with Crippen LogP contribution in [0.1, 0.15) is 17.9 Å². The molecule has 1 aliphatic rings. The highest BCUT2D eigenvalue weighted by Gasteiger charge is 2.34. The van der Waals surface area contributed by atoms with Gasteiger partial charge >= 0.3 is 0 Å². The van der Waals surface area contributed by atoms with E-state index in [4.69, 9.17) is 11.6 Å². The second kappa shape index (κ2) is 4.78. The first-order valence-corrected chi connectivity index (χ1v) is 7.63. The number of carbonyl (C=O) groups is 1. The molecule has 0 bridgehead atoms. The number of rotatable bonds is 3. The summed E-state index contributed by atoms with van der Waals surface area (Å²) in [5.74, 6) is -0.141. The summed E-state index contributed by atoms with van der Waals surface area (Å²) in [7, 11) is -2.95. The van der Waals surface area contributed by atoms with Gasteiger partial charge in [-0.15, -0.1) is 0 Å². The van der Waals surface area contributed by atoms with E-state index < -0.39 is 9.84 Å². The Morgan fingerprint density at radius 1 is 1.29 bits per heavy atom. The van der Waals surface area contributed by atoms with Gasteiger partial charge < -0.3 is 4.79 Å². The van der Waals surface area contributed by atoms with Gasteiger partial charge in [0.05, 0.1) is 11.5 Å². The van der Waals surface area contributed by atoms with E-state index >= 15 is 0 Å². The zero-order chi connectivity index (χ0) is 12.5. The normalized spacial score (nSPS) is 24.4. The molecule has 0 radical (unpaired) electrons. The first-order valence-electron chi connectivity index (χ1n) is 5.43. The zero-order valence-corrected chi connectivity index (χ0v) is 10.7. The molecule has 2 atom stereocenters. The van der Waals surface area contributed by atoms with Crippen molar-refractivity contribution in [2.75, 3.05) is 11.5 Å². The number of hydrogen-bond acceptors (Lipinski definition) is 3. The average Bonchev–Trinajstić information content (AvgIpc) is 2.63. The third-order valence-corrected chi connectivity index (χ3v) is 5.22. The summed E-state index contributed by atoms with van der Waals surface area (Å²) in [6.07, 6.45) is 1.41. The topological polar surface area (TPSA) is 51.2 Å². The monoisotopic (exact) mass is 272 g/mol. The number of sulfone groups is 1. The molecule has 0 amide bonds. The molecule has 92 valence electrons. The molecule has 5 heteroatoms. The number of carbonyl (C=O) groups excluding carboxylic acids is 1. The van der Waals surface area contributed by atoms with Gasteiger partial charge in [-0.25, -0.2) is 8.42 Å². The number of benzene rings is 1. The number of hydrogen-bond donors (Lipinski definition) is 0. The van der Waals surface area contributed by atoms with E-state index in [2.05, 4.69) is 0 Å². The smallest absolute Gasteiger partial charge is 0.150 e. The van der Waals surface area contributed by atoms with Crippen molar-refractivity contribution in [3.8, 4) is 0 Å². The fourth-order valence-corrected chi connectivity index (χ4v) is 4.23. The minimum atomic E-state index is -2.95. The van der Waals surface area contributed by atoms with Gasteiger partial charge in [0, 0.05) is 10.9 Å². The molecule has 1 aliphatic heterocycles. The highest BCUT2D eigenvalue weighted by atomic mass is 35.5. The molecule has 0 saturated carbocycles. The van der Waals surface area contributed by atoms with Crippen molar-refractivity contribution >= 4 is 27.7 Å². The Hall–Kier alpha value is -0.870. The van der Waals surface area contributed by atoms with Crippen LogP contribution in [0.15, 0.2) is 24.3 Å². The molecule has 1 heterocycles. The molecule has 2 unspecified atom stereocenters. The third kappa shape index (κ3) is 2.87. The minimum absolute atomic E-state index is 0.0984. The molecule has 0 aromatic heterocycles. The Labute approximate surface area is 106 Å². The van der Waals surface area contributed by atoms with Crippen LogP contribution in [-0.2, 0) is 14.6 Å². The van der Waals surface area contributed by atoms with Gasteiger partial charge in [-0.2, -0.15) is 0 Å². The Bertz CT molecular complexity index is 507. The molecule has 1 aromatic carbocycles. The van der Waals surface area contributed by atoms with Gasteiger partial charge in [-0.1, -0.05) is 23.7 Å². The molecule has 17 heavy (non-hydrogen) atoms. The van der Waals surface area contributed by atoms with Crippen molar-refractivity contribution in [2.24, 2.45) is 5.92 Å². The quantitative estimate of drug-likeness (QED) is 0.792. The Morgan fingerprint density at radius 3 is 2.41 bits per heavy atom. The second-order valence-electron chi connectivity index (χ2n) is 4.38. The van der Waals surface area contributed by atoms with Crippen LogP contribution < -0.4 is 0 Å². The maximum absolute atomic E-state index is 11.4. The maximum Gasteiger partial charge on any atom is 0.150 e. The van der Waals surface area contributed by atoms with Crippen LogP contribution >= 0.6 is 11.6 Å². The lowest BCUT2D eigenvalue weighted by atomic mass is 9.87. The minimum Gasteiger partial charge on any atom is -0.303 e. The fourth-order valence-electron chi connectivity index (χ4n) is 2.25. The van der Waals surface area contributed by atoms with Crippen LogP contribution in [0, 0.1) is 5.92 Å². The van der Waals surface area contributed by atoms with E-state index in [9.17, 15) is 13.2 Å². The summed E-state index contributed by atoms with van der Waals surface area (Å²) < 4.78 is 22.8. The van der Waals surface area contributed by atoms with Gasteiger partial charge in [-0.05, 0) is 30.0 Å². The SMILES string of the molecule is O=CC(c1ccc(Cl)cc1)C1CCS(=O)(=O)C1.